The Morgan fingerprint density at radius 2 is 2.47 bits per heavy atom. The molecule has 2 rings (SSSR count). The molecule has 2 heterocycles. The molecule has 1 aliphatic heterocycles. The molecule has 2 unspecified atom stereocenters. The fraction of sp³-hybridized carbons (Fsp3) is 0.818. The zero-order valence-corrected chi connectivity index (χ0v) is 10.4. The van der Waals surface area contributed by atoms with E-state index in [1.807, 2.05) is 4.57 Å². The Bertz CT molecular complexity index is 342. The first-order valence-electron chi connectivity index (χ1n) is 6.04. The molecule has 1 N–H and O–H groups in total. The Labute approximate surface area is 101 Å². The van der Waals surface area contributed by atoms with Crippen LogP contribution in [-0.2, 0) is 16.0 Å². The zero-order chi connectivity index (χ0) is 12.1. The summed E-state index contributed by atoms with van der Waals surface area (Å²) in [6.45, 7) is 5.96. The fourth-order valence-electron chi connectivity index (χ4n) is 2.19. The van der Waals surface area contributed by atoms with E-state index in [9.17, 15) is 0 Å². The Balaban J connectivity index is 2.07. The number of rotatable bonds is 6. The molecule has 0 bridgehead atoms. The molecule has 1 aromatic rings. The summed E-state index contributed by atoms with van der Waals surface area (Å²) in [6.07, 6.45) is 1.76. The van der Waals surface area contributed by atoms with Gasteiger partial charge in [0.25, 0.3) is 0 Å². The van der Waals surface area contributed by atoms with Gasteiger partial charge in [-0.2, -0.15) is 0 Å². The minimum absolute atomic E-state index is 0.286. The van der Waals surface area contributed by atoms with Gasteiger partial charge in [0.1, 0.15) is 12.2 Å². The molecule has 0 aliphatic carbocycles. The van der Waals surface area contributed by atoms with Crippen molar-refractivity contribution < 1.29 is 9.47 Å². The van der Waals surface area contributed by atoms with Crippen molar-refractivity contribution in [3.63, 3.8) is 0 Å². The third-order valence-corrected chi connectivity index (χ3v) is 3.06. The number of ether oxygens (including phenoxy) is 2. The van der Waals surface area contributed by atoms with Gasteiger partial charge in [-0.3, -0.25) is 0 Å². The highest BCUT2D eigenvalue weighted by Gasteiger charge is 2.32. The molecule has 1 aliphatic rings. The highest BCUT2D eigenvalue weighted by atomic mass is 16.5. The molecule has 0 aromatic carbocycles. The van der Waals surface area contributed by atoms with Crippen LogP contribution in [-0.4, -0.2) is 54.3 Å². The van der Waals surface area contributed by atoms with Gasteiger partial charge in [-0.15, -0.1) is 10.2 Å². The van der Waals surface area contributed by atoms with E-state index in [1.165, 1.54) is 0 Å². The van der Waals surface area contributed by atoms with Gasteiger partial charge in [-0.05, 0) is 6.54 Å². The molecule has 0 amide bonds. The molecule has 17 heavy (non-hydrogen) atoms. The predicted molar refractivity (Wildman–Crippen MR) is 62.9 cm³/mol. The second-order valence-electron chi connectivity index (χ2n) is 4.18. The number of nitrogens with one attached hydrogen (secondary N) is 1. The Hall–Kier alpha value is -0.980. The molecule has 1 aromatic heterocycles. The van der Waals surface area contributed by atoms with Crippen molar-refractivity contribution in [2.24, 2.45) is 0 Å². The van der Waals surface area contributed by atoms with Gasteiger partial charge in [-0.1, -0.05) is 6.92 Å². The first-order valence-corrected chi connectivity index (χ1v) is 6.04. The van der Waals surface area contributed by atoms with E-state index < -0.39 is 0 Å². The second-order valence-corrected chi connectivity index (χ2v) is 4.18. The van der Waals surface area contributed by atoms with Crippen molar-refractivity contribution in [2.45, 2.75) is 25.4 Å². The van der Waals surface area contributed by atoms with Crippen molar-refractivity contribution in [3.8, 4) is 0 Å². The van der Waals surface area contributed by atoms with Crippen molar-refractivity contribution >= 4 is 0 Å². The zero-order valence-electron chi connectivity index (χ0n) is 10.4. The third kappa shape index (κ3) is 2.83. The topological polar surface area (TPSA) is 61.2 Å². The van der Waals surface area contributed by atoms with E-state index in [4.69, 9.17) is 9.47 Å². The maximum atomic E-state index is 5.53. The minimum Gasteiger partial charge on any atom is -0.383 e. The number of aromatic nitrogens is 3. The maximum Gasteiger partial charge on any atom is 0.139 e. The molecule has 0 radical (unpaired) electrons. The number of methoxy groups -OCH3 is 1. The van der Waals surface area contributed by atoms with Gasteiger partial charge in [0.2, 0.25) is 0 Å². The summed E-state index contributed by atoms with van der Waals surface area (Å²) >= 11 is 0. The normalized spacial score (nSPS) is 24.4. The van der Waals surface area contributed by atoms with Gasteiger partial charge in [0, 0.05) is 19.7 Å². The molecular formula is C11H20N4O2. The minimum atomic E-state index is 0.286. The summed E-state index contributed by atoms with van der Waals surface area (Å²) in [7, 11) is 1.70. The van der Waals surface area contributed by atoms with E-state index >= 15 is 0 Å². The summed E-state index contributed by atoms with van der Waals surface area (Å²) in [5, 5.41) is 11.6. The standard InChI is InChI=1S/C11H20N4O2/c1-3-12-10-7-17-6-9(10)11-14-13-8-15(11)4-5-16-2/h8-10,12H,3-7H2,1-2H3. The van der Waals surface area contributed by atoms with E-state index in [0.717, 1.165) is 25.5 Å². The van der Waals surface area contributed by atoms with Crippen LogP contribution in [0.2, 0.25) is 0 Å². The van der Waals surface area contributed by atoms with Gasteiger partial charge in [0.15, 0.2) is 0 Å². The number of hydrogen-bond acceptors (Lipinski definition) is 5. The first kappa shape index (κ1) is 12.5. The average Bonchev–Trinajstić information content (AvgIpc) is 2.94. The number of nitrogens with zero attached hydrogens (tertiary/aromatic N) is 3. The maximum absolute atomic E-state index is 5.53. The third-order valence-electron chi connectivity index (χ3n) is 3.06. The predicted octanol–water partition coefficient (Wildman–Crippen LogP) is 0.0164. The van der Waals surface area contributed by atoms with Crippen molar-refractivity contribution in [1.29, 1.82) is 0 Å². The lowest BCUT2D eigenvalue weighted by Crippen LogP contribution is -2.35. The van der Waals surface area contributed by atoms with Gasteiger partial charge in [-0.25, -0.2) is 0 Å². The lowest BCUT2D eigenvalue weighted by molar-refractivity contribution is 0.181. The van der Waals surface area contributed by atoms with Crippen LogP contribution in [0.25, 0.3) is 0 Å². The molecule has 0 spiro atoms. The Morgan fingerprint density at radius 3 is 3.24 bits per heavy atom. The molecule has 6 nitrogen and oxygen atoms in total. The van der Waals surface area contributed by atoms with Crippen LogP contribution < -0.4 is 5.32 Å². The summed E-state index contributed by atoms with van der Waals surface area (Å²) < 4.78 is 12.7. The Morgan fingerprint density at radius 1 is 1.59 bits per heavy atom. The van der Waals surface area contributed by atoms with Crippen molar-refractivity contribution in [3.05, 3.63) is 12.2 Å². The van der Waals surface area contributed by atoms with E-state index in [2.05, 4.69) is 22.4 Å². The molecule has 0 saturated carbocycles. The van der Waals surface area contributed by atoms with Crippen LogP contribution in [0.3, 0.4) is 0 Å². The Kier molecular flexibility index (Phi) is 4.47. The second kappa shape index (κ2) is 6.09. The quantitative estimate of drug-likeness (QED) is 0.759. The van der Waals surface area contributed by atoms with E-state index in [-0.39, 0.29) is 5.92 Å². The summed E-state index contributed by atoms with van der Waals surface area (Å²) in [5.41, 5.74) is 0. The van der Waals surface area contributed by atoms with Crippen LogP contribution in [0.5, 0.6) is 0 Å². The van der Waals surface area contributed by atoms with Crippen molar-refractivity contribution in [1.82, 2.24) is 20.1 Å². The van der Waals surface area contributed by atoms with E-state index in [1.54, 1.807) is 13.4 Å². The molecule has 1 saturated heterocycles. The fourth-order valence-corrected chi connectivity index (χ4v) is 2.19. The average molecular weight is 240 g/mol. The molecular weight excluding hydrogens is 220 g/mol. The lowest BCUT2D eigenvalue weighted by Gasteiger charge is -2.18. The first-order chi connectivity index (χ1) is 8.36. The summed E-state index contributed by atoms with van der Waals surface area (Å²) in [4.78, 5) is 0. The summed E-state index contributed by atoms with van der Waals surface area (Å²) in [6, 6.07) is 0.338. The van der Waals surface area contributed by atoms with Crippen molar-refractivity contribution in [2.75, 3.05) is 33.5 Å². The highest BCUT2D eigenvalue weighted by molar-refractivity contribution is 5.05. The molecule has 2 atom stereocenters. The van der Waals surface area contributed by atoms with Crippen LogP contribution in [0.1, 0.15) is 18.7 Å². The molecule has 1 fully saturated rings. The smallest absolute Gasteiger partial charge is 0.139 e. The number of likely N-dealkylation sites (N-methyl/N-ethyl adjacent to an activating group) is 1. The van der Waals surface area contributed by atoms with Gasteiger partial charge < -0.3 is 19.4 Å². The van der Waals surface area contributed by atoms with Crippen LogP contribution in [0, 0.1) is 0 Å². The lowest BCUT2D eigenvalue weighted by atomic mass is 10.0. The van der Waals surface area contributed by atoms with E-state index in [0.29, 0.717) is 19.3 Å². The van der Waals surface area contributed by atoms with Gasteiger partial charge >= 0.3 is 0 Å². The monoisotopic (exact) mass is 240 g/mol. The SMILES string of the molecule is CCNC1COCC1c1nncn1CCOC. The molecule has 96 valence electrons. The van der Waals surface area contributed by atoms with Crippen LogP contribution >= 0.6 is 0 Å². The van der Waals surface area contributed by atoms with Crippen LogP contribution in [0.15, 0.2) is 6.33 Å². The van der Waals surface area contributed by atoms with Gasteiger partial charge in [0.05, 0.1) is 25.7 Å². The highest BCUT2D eigenvalue weighted by Crippen LogP contribution is 2.23. The molecule has 6 heteroatoms. The summed E-state index contributed by atoms with van der Waals surface area (Å²) in [5.74, 6) is 1.28. The number of hydrogen-bond donors (Lipinski definition) is 1. The largest absolute Gasteiger partial charge is 0.383 e. The van der Waals surface area contributed by atoms with Crippen LogP contribution in [0.4, 0.5) is 0 Å².